The Labute approximate surface area is 127 Å². The van der Waals surface area contributed by atoms with E-state index in [0.717, 1.165) is 29.3 Å². The quantitative estimate of drug-likeness (QED) is 0.906. The lowest BCUT2D eigenvalue weighted by molar-refractivity contribution is 0.0691. The molecule has 0 atom stereocenters. The molecular weight excluding hydrogens is 309 g/mol. The van der Waals surface area contributed by atoms with E-state index in [-0.39, 0.29) is 4.90 Å². The number of nitrogens with one attached hydrogen (secondary N) is 1. The van der Waals surface area contributed by atoms with Gasteiger partial charge in [-0.15, -0.1) is 0 Å². The van der Waals surface area contributed by atoms with Crippen molar-refractivity contribution in [3.8, 4) is 0 Å². The number of hydrogen-bond donors (Lipinski definition) is 2. The van der Waals surface area contributed by atoms with E-state index in [1.807, 2.05) is 13.8 Å². The van der Waals surface area contributed by atoms with Crippen LogP contribution in [0.5, 0.6) is 0 Å². The zero-order chi connectivity index (χ0) is 16.5. The number of aryl methyl sites for hydroxylation is 2. The average Bonchev–Trinajstić information content (AvgIpc) is 2.42. The van der Waals surface area contributed by atoms with Crippen molar-refractivity contribution in [3.63, 3.8) is 0 Å². The molecule has 0 radical (unpaired) electrons. The van der Waals surface area contributed by atoms with Crippen molar-refractivity contribution in [2.24, 2.45) is 0 Å². The second kappa shape index (κ2) is 5.76. The van der Waals surface area contributed by atoms with Crippen molar-refractivity contribution in [2.75, 3.05) is 4.72 Å². The molecule has 7 heteroatoms. The molecular formula is C15H14FNO4S. The zero-order valence-electron chi connectivity index (χ0n) is 11.9. The normalized spacial score (nSPS) is 11.2. The topological polar surface area (TPSA) is 83.5 Å². The number of carboxylic acids is 1. The summed E-state index contributed by atoms with van der Waals surface area (Å²) in [5.41, 5.74) is 1.58. The molecule has 2 rings (SSSR count). The van der Waals surface area contributed by atoms with Crippen LogP contribution < -0.4 is 4.72 Å². The smallest absolute Gasteiger partial charge is 0.338 e. The van der Waals surface area contributed by atoms with Gasteiger partial charge in [-0.3, -0.25) is 4.72 Å². The minimum absolute atomic E-state index is 0.315. The van der Waals surface area contributed by atoms with Crippen molar-refractivity contribution < 1.29 is 22.7 Å². The molecule has 22 heavy (non-hydrogen) atoms. The fourth-order valence-electron chi connectivity index (χ4n) is 1.85. The molecule has 2 aromatic rings. The highest BCUT2D eigenvalue weighted by Gasteiger charge is 2.19. The first kappa shape index (κ1) is 16.0. The molecule has 0 amide bonds. The monoisotopic (exact) mass is 323 g/mol. The van der Waals surface area contributed by atoms with Crippen molar-refractivity contribution in [2.45, 2.75) is 18.7 Å². The number of hydrogen-bond acceptors (Lipinski definition) is 3. The third-order valence-electron chi connectivity index (χ3n) is 3.24. The first-order valence-corrected chi connectivity index (χ1v) is 7.82. The van der Waals surface area contributed by atoms with Crippen molar-refractivity contribution >= 4 is 21.7 Å². The van der Waals surface area contributed by atoms with Gasteiger partial charge < -0.3 is 5.11 Å². The molecule has 2 aromatic carbocycles. The molecule has 0 aromatic heterocycles. The van der Waals surface area contributed by atoms with Crippen LogP contribution >= 0.6 is 0 Å². The molecule has 0 unspecified atom stereocenters. The number of benzene rings is 2. The van der Waals surface area contributed by atoms with E-state index in [1.54, 1.807) is 18.2 Å². The molecule has 0 heterocycles. The van der Waals surface area contributed by atoms with Crippen LogP contribution in [0.15, 0.2) is 41.3 Å². The van der Waals surface area contributed by atoms with Crippen LogP contribution in [0.4, 0.5) is 10.1 Å². The molecule has 116 valence electrons. The first-order valence-electron chi connectivity index (χ1n) is 6.33. The third kappa shape index (κ3) is 3.25. The molecule has 0 aliphatic carbocycles. The minimum Gasteiger partial charge on any atom is -0.478 e. The van der Waals surface area contributed by atoms with Crippen LogP contribution in [-0.4, -0.2) is 19.5 Å². The SMILES string of the molecule is Cc1ccc(NS(=O)(=O)c2ccc(F)c(C(=O)O)c2)cc1C. The van der Waals surface area contributed by atoms with E-state index in [4.69, 9.17) is 5.11 Å². The van der Waals surface area contributed by atoms with E-state index >= 15 is 0 Å². The fraction of sp³-hybridized carbons (Fsp3) is 0.133. The lowest BCUT2D eigenvalue weighted by Gasteiger charge is -2.10. The van der Waals surface area contributed by atoms with Gasteiger partial charge in [-0.05, 0) is 55.3 Å². The maximum atomic E-state index is 13.3. The van der Waals surface area contributed by atoms with Gasteiger partial charge in [0, 0.05) is 5.69 Å². The standard InChI is InChI=1S/C15H14FNO4S/c1-9-3-4-11(7-10(9)2)17-22(20,21)12-5-6-14(16)13(8-12)15(18)19/h3-8,17H,1-2H3,(H,18,19). The summed E-state index contributed by atoms with van der Waals surface area (Å²) >= 11 is 0. The Morgan fingerprint density at radius 2 is 1.77 bits per heavy atom. The predicted molar refractivity (Wildman–Crippen MR) is 80.1 cm³/mol. The number of sulfonamides is 1. The van der Waals surface area contributed by atoms with Gasteiger partial charge in [-0.1, -0.05) is 6.07 Å². The van der Waals surface area contributed by atoms with E-state index in [1.165, 1.54) is 0 Å². The van der Waals surface area contributed by atoms with Crippen LogP contribution in [-0.2, 0) is 10.0 Å². The van der Waals surface area contributed by atoms with Gasteiger partial charge in [0.05, 0.1) is 10.5 Å². The number of rotatable bonds is 4. The fourth-order valence-corrected chi connectivity index (χ4v) is 2.93. The van der Waals surface area contributed by atoms with Crippen LogP contribution in [0, 0.1) is 19.7 Å². The van der Waals surface area contributed by atoms with E-state index in [0.29, 0.717) is 5.69 Å². The van der Waals surface area contributed by atoms with E-state index < -0.39 is 27.4 Å². The summed E-state index contributed by atoms with van der Waals surface area (Å²) in [5, 5.41) is 8.86. The number of aromatic carboxylic acids is 1. The second-order valence-corrected chi connectivity index (χ2v) is 6.53. The van der Waals surface area contributed by atoms with Gasteiger partial charge in [0.2, 0.25) is 0 Å². The lowest BCUT2D eigenvalue weighted by Crippen LogP contribution is -2.14. The lowest BCUT2D eigenvalue weighted by atomic mass is 10.1. The Morgan fingerprint density at radius 3 is 2.36 bits per heavy atom. The summed E-state index contributed by atoms with van der Waals surface area (Å²) in [5.74, 6) is -2.52. The summed E-state index contributed by atoms with van der Waals surface area (Å²) in [4.78, 5) is 10.6. The maximum Gasteiger partial charge on any atom is 0.338 e. The first-order chi connectivity index (χ1) is 10.2. The Balaban J connectivity index is 2.40. The Morgan fingerprint density at radius 1 is 1.09 bits per heavy atom. The molecule has 0 fully saturated rings. The van der Waals surface area contributed by atoms with Crippen molar-refractivity contribution in [3.05, 3.63) is 58.9 Å². The number of anilines is 1. The van der Waals surface area contributed by atoms with Gasteiger partial charge in [0.25, 0.3) is 10.0 Å². The van der Waals surface area contributed by atoms with Gasteiger partial charge in [0.1, 0.15) is 5.82 Å². The third-order valence-corrected chi connectivity index (χ3v) is 4.62. The van der Waals surface area contributed by atoms with Crippen molar-refractivity contribution in [1.29, 1.82) is 0 Å². The van der Waals surface area contributed by atoms with Crippen LogP contribution in [0.3, 0.4) is 0 Å². The Kier molecular flexibility index (Phi) is 4.18. The highest BCUT2D eigenvalue weighted by Crippen LogP contribution is 2.21. The molecule has 0 aliphatic heterocycles. The zero-order valence-corrected chi connectivity index (χ0v) is 12.7. The summed E-state index contributed by atoms with van der Waals surface area (Å²) in [6, 6.07) is 7.65. The second-order valence-electron chi connectivity index (χ2n) is 4.85. The van der Waals surface area contributed by atoms with E-state index in [2.05, 4.69) is 4.72 Å². The molecule has 0 saturated carbocycles. The largest absolute Gasteiger partial charge is 0.478 e. The van der Waals surface area contributed by atoms with Crippen LogP contribution in [0.2, 0.25) is 0 Å². The summed E-state index contributed by atoms with van der Waals surface area (Å²) in [7, 11) is -4.00. The Bertz CT molecular complexity index is 847. The molecule has 0 saturated heterocycles. The van der Waals surface area contributed by atoms with Crippen molar-refractivity contribution in [1.82, 2.24) is 0 Å². The summed E-state index contributed by atoms with van der Waals surface area (Å²) in [6.07, 6.45) is 0. The van der Waals surface area contributed by atoms with Gasteiger partial charge in [-0.2, -0.15) is 0 Å². The molecule has 0 bridgehead atoms. The number of halogens is 1. The van der Waals surface area contributed by atoms with E-state index in [9.17, 15) is 17.6 Å². The van der Waals surface area contributed by atoms with Gasteiger partial charge in [0.15, 0.2) is 0 Å². The Hall–Kier alpha value is -2.41. The highest BCUT2D eigenvalue weighted by atomic mass is 32.2. The summed E-state index contributed by atoms with van der Waals surface area (Å²) in [6.45, 7) is 3.74. The highest BCUT2D eigenvalue weighted by molar-refractivity contribution is 7.92. The molecule has 0 aliphatic rings. The van der Waals surface area contributed by atoms with Gasteiger partial charge >= 0.3 is 5.97 Å². The van der Waals surface area contributed by atoms with Gasteiger partial charge in [-0.25, -0.2) is 17.6 Å². The summed E-state index contributed by atoms with van der Waals surface area (Å²) < 4.78 is 40.2. The average molecular weight is 323 g/mol. The number of carboxylic acid groups (broad SMARTS) is 1. The minimum atomic E-state index is -4.00. The molecule has 0 spiro atoms. The molecule has 5 nitrogen and oxygen atoms in total. The van der Waals surface area contributed by atoms with Crippen LogP contribution in [0.1, 0.15) is 21.5 Å². The maximum absolute atomic E-state index is 13.3. The molecule has 2 N–H and O–H groups in total. The van der Waals surface area contributed by atoms with Crippen LogP contribution in [0.25, 0.3) is 0 Å². The number of carbonyl (C=O) groups is 1. The predicted octanol–water partition coefficient (Wildman–Crippen LogP) is 2.94.